The first-order chi connectivity index (χ1) is 18.6. The molecule has 8 nitrogen and oxygen atoms in total. The molecule has 0 aromatic heterocycles. The highest BCUT2D eigenvalue weighted by Crippen LogP contribution is 2.42. The quantitative estimate of drug-likeness (QED) is 0.241. The van der Waals surface area contributed by atoms with Gasteiger partial charge in [0.2, 0.25) is 11.4 Å². The molecular formula is C30H51BrN2O6Si2. The molecule has 0 N–H and O–H groups in total. The lowest BCUT2D eigenvalue weighted by Gasteiger charge is -2.42. The maximum atomic E-state index is 14.0. The Hall–Kier alpha value is -1.54. The number of carbonyl (C=O) groups is 3. The summed E-state index contributed by atoms with van der Waals surface area (Å²) in [6.45, 7) is 27.9. The van der Waals surface area contributed by atoms with E-state index in [9.17, 15) is 14.4 Å². The van der Waals surface area contributed by atoms with Crippen molar-refractivity contribution in [1.29, 1.82) is 0 Å². The van der Waals surface area contributed by atoms with Crippen molar-refractivity contribution >= 4 is 51.6 Å². The fourth-order valence-corrected chi connectivity index (χ4v) is 11.9. The zero-order valence-corrected chi connectivity index (χ0v) is 31.4. The lowest BCUT2D eigenvalue weighted by Crippen LogP contribution is -2.58. The van der Waals surface area contributed by atoms with Crippen LogP contribution in [0.1, 0.15) is 76.9 Å². The molecule has 1 heterocycles. The van der Waals surface area contributed by atoms with Gasteiger partial charge in [-0.25, -0.2) is 0 Å². The van der Waals surface area contributed by atoms with Gasteiger partial charge in [0.1, 0.15) is 36.9 Å². The average molecular weight is 672 g/mol. The average Bonchev–Trinajstić information content (AvgIpc) is 3.08. The summed E-state index contributed by atoms with van der Waals surface area (Å²) >= 11 is 3.57. The minimum absolute atomic E-state index is 0.225. The van der Waals surface area contributed by atoms with Gasteiger partial charge in [-0.3, -0.25) is 14.4 Å². The van der Waals surface area contributed by atoms with Gasteiger partial charge < -0.3 is 23.3 Å². The van der Waals surface area contributed by atoms with Crippen molar-refractivity contribution in [3.05, 3.63) is 27.2 Å². The van der Waals surface area contributed by atoms with Crippen molar-refractivity contribution in [2.75, 3.05) is 13.2 Å². The number of ketones is 1. The molecule has 232 valence electrons. The molecule has 0 amide bonds. The van der Waals surface area contributed by atoms with Gasteiger partial charge in [0, 0.05) is 15.6 Å². The number of hydrogen-bond donors (Lipinski definition) is 0. The Labute approximate surface area is 259 Å². The molecule has 0 spiro atoms. The number of nitrogens with zero attached hydrogens (tertiary/aromatic N) is 2. The number of ether oxygens (including phenoxy) is 3. The minimum Gasteiger partial charge on any atom is -0.471 e. The van der Waals surface area contributed by atoms with E-state index in [0.717, 1.165) is 15.6 Å². The summed E-state index contributed by atoms with van der Waals surface area (Å²) in [7, 11) is -2.77. The SMILES string of the molecule is Cc1cc2c(c(C)c1Br)C(=O)C(COC(=O)C(C)N([SiH](C)C)C(C)(C)C)(COC(=O)C(C)N([SiH](C)C)C(C)(C)C)O2. The molecule has 2 atom stereocenters. The Morgan fingerprint density at radius 1 is 0.902 bits per heavy atom. The summed E-state index contributed by atoms with van der Waals surface area (Å²) < 4.78 is 23.2. The fourth-order valence-electron chi connectivity index (χ4n) is 6.45. The molecule has 2 rings (SSSR count). The maximum Gasteiger partial charge on any atom is 0.322 e. The van der Waals surface area contributed by atoms with Gasteiger partial charge in [-0.15, -0.1) is 0 Å². The van der Waals surface area contributed by atoms with Gasteiger partial charge in [0.25, 0.3) is 0 Å². The van der Waals surface area contributed by atoms with Crippen LogP contribution in [0.4, 0.5) is 0 Å². The number of hydrogen-bond acceptors (Lipinski definition) is 8. The highest BCUT2D eigenvalue weighted by molar-refractivity contribution is 9.10. The summed E-state index contributed by atoms with van der Waals surface area (Å²) in [5.74, 6) is -0.834. The summed E-state index contributed by atoms with van der Waals surface area (Å²) in [6.07, 6.45) is 0. The van der Waals surface area contributed by atoms with Gasteiger partial charge >= 0.3 is 11.9 Å². The Morgan fingerprint density at radius 3 is 1.63 bits per heavy atom. The van der Waals surface area contributed by atoms with Crippen LogP contribution in [-0.2, 0) is 19.1 Å². The van der Waals surface area contributed by atoms with E-state index < -0.39 is 47.5 Å². The first-order valence-electron chi connectivity index (χ1n) is 14.5. The molecule has 1 aromatic carbocycles. The third-order valence-electron chi connectivity index (χ3n) is 7.66. The molecule has 2 unspecified atom stereocenters. The van der Waals surface area contributed by atoms with Gasteiger partial charge in [-0.1, -0.05) is 42.1 Å². The van der Waals surface area contributed by atoms with E-state index in [2.05, 4.69) is 92.8 Å². The Morgan fingerprint density at radius 2 is 1.29 bits per heavy atom. The Balaban J connectivity index is 2.41. The Bertz CT molecular complexity index is 1110. The molecule has 41 heavy (non-hydrogen) atoms. The summed E-state index contributed by atoms with van der Waals surface area (Å²) in [5.41, 5.74) is -0.0657. The predicted molar refractivity (Wildman–Crippen MR) is 173 cm³/mol. The van der Waals surface area contributed by atoms with E-state index in [1.165, 1.54) is 0 Å². The van der Waals surface area contributed by atoms with Gasteiger partial charge in [-0.2, -0.15) is 0 Å². The van der Waals surface area contributed by atoms with Crippen LogP contribution < -0.4 is 4.74 Å². The normalized spacial score (nSPS) is 19.0. The van der Waals surface area contributed by atoms with E-state index in [0.29, 0.717) is 11.3 Å². The first kappa shape index (κ1) is 35.7. The molecular weight excluding hydrogens is 620 g/mol. The smallest absolute Gasteiger partial charge is 0.322 e. The third kappa shape index (κ3) is 7.71. The fraction of sp³-hybridized carbons (Fsp3) is 0.700. The van der Waals surface area contributed by atoms with E-state index >= 15 is 0 Å². The van der Waals surface area contributed by atoms with Crippen molar-refractivity contribution < 1.29 is 28.6 Å². The van der Waals surface area contributed by atoms with Crippen LogP contribution in [0.15, 0.2) is 10.5 Å². The number of rotatable bonds is 10. The standard InChI is InChI=1S/C30H51BrN2O6Si2/c1-18-15-22-23(19(2)24(18)31)25(34)30(39-22,16-37-26(35)20(3)32(40(11)12)28(5,6)7)17-38-27(36)21(4)33(41(13)14)29(8,9)10/h15,20-21,40-41H,16-17H2,1-14H3. The topological polar surface area (TPSA) is 85.4 Å². The molecule has 11 heteroatoms. The maximum absolute atomic E-state index is 14.0. The first-order valence-corrected chi connectivity index (χ1v) is 20.9. The van der Waals surface area contributed by atoms with Crippen molar-refractivity contribution in [3.8, 4) is 5.75 Å². The molecule has 1 aliphatic rings. The van der Waals surface area contributed by atoms with Crippen LogP contribution in [0.25, 0.3) is 0 Å². The molecule has 0 fully saturated rings. The van der Waals surface area contributed by atoms with Crippen LogP contribution in [0.5, 0.6) is 5.75 Å². The number of Topliss-reactive ketones (excluding diaryl/α,β-unsaturated/α-hetero) is 1. The number of fused-ring (bicyclic) bond motifs is 1. The predicted octanol–water partition coefficient (Wildman–Crippen LogP) is 5.41. The lowest BCUT2D eigenvalue weighted by atomic mass is 9.93. The number of benzene rings is 1. The Kier molecular flexibility index (Phi) is 11.3. The zero-order chi connectivity index (χ0) is 31.8. The molecule has 1 aliphatic heterocycles. The number of halogens is 1. The van der Waals surface area contributed by atoms with Gasteiger partial charge in [-0.05, 0) is 86.4 Å². The zero-order valence-electron chi connectivity index (χ0n) is 27.5. The number of carbonyl (C=O) groups excluding carboxylic acids is 3. The number of aryl methyl sites for hydroxylation is 1. The van der Waals surface area contributed by atoms with Crippen molar-refractivity contribution in [1.82, 2.24) is 9.13 Å². The molecule has 0 saturated carbocycles. The third-order valence-corrected chi connectivity index (χ3v) is 13.6. The van der Waals surface area contributed by atoms with Crippen molar-refractivity contribution in [3.63, 3.8) is 0 Å². The van der Waals surface area contributed by atoms with Crippen LogP contribution >= 0.6 is 15.9 Å². The minimum atomic E-state index is -1.67. The van der Waals surface area contributed by atoms with Gasteiger partial charge in [0.05, 0.1) is 17.6 Å². The second-order valence-electron chi connectivity index (χ2n) is 13.8. The second-order valence-corrected chi connectivity index (χ2v) is 20.1. The monoisotopic (exact) mass is 670 g/mol. The second kappa shape index (κ2) is 13.0. The van der Waals surface area contributed by atoms with Crippen molar-refractivity contribution in [2.24, 2.45) is 0 Å². The lowest BCUT2D eigenvalue weighted by molar-refractivity contribution is -0.160. The van der Waals surface area contributed by atoms with E-state index in [1.807, 2.05) is 27.7 Å². The molecule has 0 bridgehead atoms. The molecule has 0 saturated heterocycles. The summed E-state index contributed by atoms with van der Waals surface area (Å²) in [6, 6.07) is 0.780. The van der Waals surface area contributed by atoms with Crippen LogP contribution in [0, 0.1) is 13.8 Å². The summed E-state index contributed by atoms with van der Waals surface area (Å²) in [4.78, 5) is 40.8. The van der Waals surface area contributed by atoms with Crippen LogP contribution in [0.3, 0.4) is 0 Å². The number of esters is 2. The molecule has 0 aliphatic carbocycles. The highest BCUT2D eigenvalue weighted by atomic mass is 79.9. The van der Waals surface area contributed by atoms with E-state index in [-0.39, 0.29) is 30.1 Å². The molecule has 0 radical (unpaired) electrons. The van der Waals surface area contributed by atoms with Crippen LogP contribution in [-0.4, -0.2) is 86.7 Å². The van der Waals surface area contributed by atoms with Crippen molar-refractivity contribution in [2.45, 2.75) is 124 Å². The van der Waals surface area contributed by atoms with Gasteiger partial charge in [0.15, 0.2) is 0 Å². The molecule has 1 aromatic rings. The largest absolute Gasteiger partial charge is 0.471 e. The van der Waals surface area contributed by atoms with E-state index in [1.54, 1.807) is 6.07 Å². The van der Waals surface area contributed by atoms with Crippen LogP contribution in [0.2, 0.25) is 26.2 Å². The van der Waals surface area contributed by atoms with E-state index in [4.69, 9.17) is 14.2 Å². The highest BCUT2D eigenvalue weighted by Gasteiger charge is 2.52. The summed E-state index contributed by atoms with van der Waals surface area (Å²) in [5, 5.41) is 0.